The average molecular weight is 250 g/mol. The number of hydrogen-bond donors (Lipinski definition) is 3. The maximum Gasteiger partial charge on any atom is 0.237 e. The van der Waals surface area contributed by atoms with E-state index >= 15 is 0 Å². The SMILES string of the molecule is CC(C)C[C@H](N)C(=O)NCC(O)c1ccccc1. The van der Waals surface area contributed by atoms with E-state index in [-0.39, 0.29) is 12.5 Å². The van der Waals surface area contributed by atoms with E-state index in [0.717, 1.165) is 5.56 Å². The van der Waals surface area contributed by atoms with E-state index in [9.17, 15) is 9.90 Å². The normalized spacial score (nSPS) is 14.3. The number of amides is 1. The predicted molar refractivity (Wildman–Crippen MR) is 71.8 cm³/mol. The lowest BCUT2D eigenvalue weighted by Gasteiger charge is -2.16. The number of carbonyl (C=O) groups excluding carboxylic acids is 1. The molecule has 2 atom stereocenters. The van der Waals surface area contributed by atoms with Crippen LogP contribution in [-0.2, 0) is 4.79 Å². The Balaban J connectivity index is 2.39. The number of nitrogens with two attached hydrogens (primary N) is 1. The van der Waals surface area contributed by atoms with Gasteiger partial charge in [0.15, 0.2) is 0 Å². The summed E-state index contributed by atoms with van der Waals surface area (Å²) >= 11 is 0. The van der Waals surface area contributed by atoms with Crippen molar-refractivity contribution in [3.63, 3.8) is 0 Å². The number of nitrogens with one attached hydrogen (secondary N) is 1. The molecule has 1 aromatic carbocycles. The molecule has 1 amide bonds. The summed E-state index contributed by atoms with van der Waals surface area (Å²) in [6.45, 7) is 4.23. The summed E-state index contributed by atoms with van der Waals surface area (Å²) in [6.07, 6.45) is -0.0471. The van der Waals surface area contributed by atoms with Gasteiger partial charge in [0.2, 0.25) is 5.91 Å². The summed E-state index contributed by atoms with van der Waals surface area (Å²) in [4.78, 5) is 11.7. The molecule has 0 aliphatic heterocycles. The lowest BCUT2D eigenvalue weighted by atomic mass is 10.0. The lowest BCUT2D eigenvalue weighted by molar-refractivity contribution is -0.123. The minimum absolute atomic E-state index is 0.189. The van der Waals surface area contributed by atoms with E-state index in [0.29, 0.717) is 12.3 Å². The van der Waals surface area contributed by atoms with Crippen LogP contribution in [0.4, 0.5) is 0 Å². The molecule has 4 heteroatoms. The van der Waals surface area contributed by atoms with E-state index in [1.807, 2.05) is 44.2 Å². The van der Waals surface area contributed by atoms with Gasteiger partial charge in [0, 0.05) is 6.54 Å². The van der Waals surface area contributed by atoms with E-state index in [1.165, 1.54) is 0 Å². The summed E-state index contributed by atoms with van der Waals surface area (Å²) in [5.74, 6) is 0.170. The first-order valence-electron chi connectivity index (χ1n) is 6.27. The third-order valence-corrected chi connectivity index (χ3v) is 2.72. The molecule has 0 spiro atoms. The molecule has 0 bridgehead atoms. The van der Waals surface area contributed by atoms with Crippen LogP contribution in [0.15, 0.2) is 30.3 Å². The Morgan fingerprint density at radius 2 is 1.94 bits per heavy atom. The first kappa shape index (κ1) is 14.7. The fourth-order valence-corrected chi connectivity index (χ4v) is 1.74. The Hall–Kier alpha value is -1.39. The van der Waals surface area contributed by atoms with Crippen LogP contribution in [-0.4, -0.2) is 23.6 Å². The maximum atomic E-state index is 11.7. The Morgan fingerprint density at radius 1 is 1.33 bits per heavy atom. The van der Waals surface area contributed by atoms with Crippen LogP contribution in [0.25, 0.3) is 0 Å². The molecule has 0 aromatic heterocycles. The van der Waals surface area contributed by atoms with Crippen molar-refractivity contribution in [2.24, 2.45) is 11.7 Å². The second kappa shape index (κ2) is 7.13. The minimum atomic E-state index is -0.693. The standard InChI is InChI=1S/C14H22N2O2/c1-10(2)8-12(15)14(18)16-9-13(17)11-6-4-3-5-7-11/h3-7,10,12-13,17H,8-9,15H2,1-2H3,(H,16,18)/t12-,13?/m0/s1. The van der Waals surface area contributed by atoms with Crippen LogP contribution in [0.3, 0.4) is 0 Å². The van der Waals surface area contributed by atoms with Crippen LogP contribution in [0.5, 0.6) is 0 Å². The Bertz CT molecular complexity index is 365. The molecule has 0 fully saturated rings. The molecular weight excluding hydrogens is 228 g/mol. The molecule has 1 aromatic rings. The minimum Gasteiger partial charge on any atom is -0.387 e. The summed E-state index contributed by atoms with van der Waals surface area (Å²) in [6, 6.07) is 8.73. The first-order chi connectivity index (χ1) is 8.50. The van der Waals surface area contributed by atoms with Gasteiger partial charge < -0.3 is 16.2 Å². The monoisotopic (exact) mass is 250 g/mol. The van der Waals surface area contributed by atoms with Gasteiger partial charge >= 0.3 is 0 Å². The second-order valence-electron chi connectivity index (χ2n) is 4.91. The third-order valence-electron chi connectivity index (χ3n) is 2.72. The first-order valence-corrected chi connectivity index (χ1v) is 6.27. The summed E-state index contributed by atoms with van der Waals surface area (Å²) < 4.78 is 0. The number of carbonyl (C=O) groups is 1. The van der Waals surface area contributed by atoms with Gasteiger partial charge in [-0.1, -0.05) is 44.2 Å². The van der Waals surface area contributed by atoms with Gasteiger partial charge in [-0.15, -0.1) is 0 Å². The summed E-state index contributed by atoms with van der Waals surface area (Å²) in [5.41, 5.74) is 6.54. The molecule has 0 aliphatic rings. The highest BCUT2D eigenvalue weighted by Crippen LogP contribution is 2.10. The van der Waals surface area contributed by atoms with E-state index < -0.39 is 12.1 Å². The number of aliphatic hydroxyl groups is 1. The fraction of sp³-hybridized carbons (Fsp3) is 0.500. The molecule has 1 unspecified atom stereocenters. The molecule has 0 radical (unpaired) electrons. The third kappa shape index (κ3) is 4.85. The highest BCUT2D eigenvalue weighted by atomic mass is 16.3. The smallest absolute Gasteiger partial charge is 0.237 e. The van der Waals surface area contributed by atoms with Crippen molar-refractivity contribution < 1.29 is 9.90 Å². The van der Waals surface area contributed by atoms with Gasteiger partial charge in [-0.05, 0) is 17.9 Å². The van der Waals surface area contributed by atoms with Crippen molar-refractivity contribution in [3.05, 3.63) is 35.9 Å². The number of hydrogen-bond acceptors (Lipinski definition) is 3. The molecule has 0 aliphatic carbocycles. The Kier molecular flexibility index (Phi) is 5.82. The average Bonchev–Trinajstić information content (AvgIpc) is 2.35. The molecule has 0 heterocycles. The van der Waals surface area contributed by atoms with Gasteiger partial charge in [0.05, 0.1) is 12.1 Å². The Morgan fingerprint density at radius 3 is 2.50 bits per heavy atom. The summed E-state index contributed by atoms with van der Waals surface area (Å²) in [7, 11) is 0. The molecule has 4 N–H and O–H groups in total. The quantitative estimate of drug-likeness (QED) is 0.710. The molecule has 100 valence electrons. The predicted octanol–water partition coefficient (Wildman–Crippen LogP) is 1.21. The lowest BCUT2D eigenvalue weighted by Crippen LogP contribution is -2.42. The van der Waals surface area contributed by atoms with Crippen molar-refractivity contribution in [2.45, 2.75) is 32.4 Å². The van der Waals surface area contributed by atoms with Gasteiger partial charge in [-0.3, -0.25) is 4.79 Å². The summed E-state index contributed by atoms with van der Waals surface area (Å²) in [5, 5.41) is 12.5. The van der Waals surface area contributed by atoms with Crippen LogP contribution in [0.1, 0.15) is 31.9 Å². The fourth-order valence-electron chi connectivity index (χ4n) is 1.74. The number of benzene rings is 1. The zero-order valence-corrected chi connectivity index (χ0v) is 11.0. The molecule has 1 rings (SSSR count). The van der Waals surface area contributed by atoms with Gasteiger partial charge in [-0.25, -0.2) is 0 Å². The van der Waals surface area contributed by atoms with Crippen molar-refractivity contribution in [3.8, 4) is 0 Å². The van der Waals surface area contributed by atoms with Crippen LogP contribution >= 0.6 is 0 Å². The topological polar surface area (TPSA) is 75.4 Å². The van der Waals surface area contributed by atoms with E-state index in [1.54, 1.807) is 0 Å². The maximum absolute atomic E-state index is 11.7. The molecule has 18 heavy (non-hydrogen) atoms. The van der Waals surface area contributed by atoms with E-state index in [2.05, 4.69) is 5.32 Å². The second-order valence-corrected chi connectivity index (χ2v) is 4.91. The molecular formula is C14H22N2O2. The van der Waals surface area contributed by atoms with Crippen molar-refractivity contribution in [1.29, 1.82) is 0 Å². The highest BCUT2D eigenvalue weighted by molar-refractivity contribution is 5.81. The number of rotatable bonds is 6. The molecule has 0 saturated heterocycles. The molecule has 4 nitrogen and oxygen atoms in total. The van der Waals surface area contributed by atoms with Crippen molar-refractivity contribution in [1.82, 2.24) is 5.32 Å². The van der Waals surface area contributed by atoms with Crippen molar-refractivity contribution >= 4 is 5.91 Å². The Labute approximate surface area is 108 Å². The largest absolute Gasteiger partial charge is 0.387 e. The van der Waals surface area contributed by atoms with Crippen LogP contribution < -0.4 is 11.1 Å². The number of aliphatic hydroxyl groups excluding tert-OH is 1. The van der Waals surface area contributed by atoms with E-state index in [4.69, 9.17) is 5.73 Å². The van der Waals surface area contributed by atoms with Gasteiger partial charge in [0.25, 0.3) is 0 Å². The van der Waals surface area contributed by atoms with Crippen molar-refractivity contribution in [2.75, 3.05) is 6.54 Å². The zero-order chi connectivity index (χ0) is 13.5. The zero-order valence-electron chi connectivity index (χ0n) is 11.0. The highest BCUT2D eigenvalue weighted by Gasteiger charge is 2.16. The van der Waals surface area contributed by atoms with Gasteiger partial charge in [-0.2, -0.15) is 0 Å². The molecule has 0 saturated carbocycles. The van der Waals surface area contributed by atoms with Crippen LogP contribution in [0, 0.1) is 5.92 Å². The van der Waals surface area contributed by atoms with Gasteiger partial charge in [0.1, 0.15) is 0 Å². The van der Waals surface area contributed by atoms with Crippen LogP contribution in [0.2, 0.25) is 0 Å².